The Morgan fingerprint density at radius 2 is 1.14 bits per heavy atom. The molecule has 0 radical (unpaired) electrons. The Bertz CT molecular complexity index is 3410. The summed E-state index contributed by atoms with van der Waals surface area (Å²) < 4.78 is 134. The van der Waals surface area contributed by atoms with Gasteiger partial charge < -0.3 is 10.6 Å². The van der Waals surface area contributed by atoms with E-state index < -0.39 is 61.1 Å². The van der Waals surface area contributed by atoms with Crippen molar-refractivity contribution in [1.29, 1.82) is 5.26 Å². The average Bonchev–Trinajstić information content (AvgIpc) is 3.19. The summed E-state index contributed by atoms with van der Waals surface area (Å²) in [5, 5.41) is 32.7. The van der Waals surface area contributed by atoms with Gasteiger partial charge in [-0.1, -0.05) is 18.2 Å². The Labute approximate surface area is 358 Å². The van der Waals surface area contributed by atoms with Crippen molar-refractivity contribution in [2.45, 2.75) is 39.9 Å². The molecule has 0 atom stereocenters. The molecule has 1 amide bonds. The van der Waals surface area contributed by atoms with Gasteiger partial charge in [-0.2, -0.15) is 38.9 Å². The number of nitrogens with zero attached hydrogens (tertiary/aromatic N) is 6. The van der Waals surface area contributed by atoms with Crippen molar-refractivity contribution in [3.8, 4) is 6.07 Å². The van der Waals surface area contributed by atoms with Crippen LogP contribution in [-0.4, -0.2) is 62.8 Å². The maximum absolute atomic E-state index is 12.2. The number of nitrogens with one attached hydrogen (secondary N) is 2. The van der Waals surface area contributed by atoms with Gasteiger partial charge in [0.05, 0.1) is 37.3 Å². The summed E-state index contributed by atoms with van der Waals surface area (Å²) >= 11 is 0. The first kappa shape index (κ1) is 45.6. The molecular weight excluding hydrogens is 905 g/mol. The number of nitriles is 1. The molecule has 5 aromatic carbocycles. The van der Waals surface area contributed by atoms with Crippen LogP contribution in [0.4, 0.5) is 39.9 Å². The zero-order valence-corrected chi connectivity index (χ0v) is 35.5. The van der Waals surface area contributed by atoms with E-state index in [1.165, 1.54) is 74.5 Å². The summed E-state index contributed by atoms with van der Waals surface area (Å²) in [5.41, 5.74) is 0.847. The molecule has 0 aliphatic heterocycles. The van der Waals surface area contributed by atoms with Crippen LogP contribution in [-0.2, 0) is 51.7 Å². The zero-order chi connectivity index (χ0) is 46.1. The highest BCUT2D eigenvalue weighted by atomic mass is 32.2. The fraction of sp³-hybridized carbons (Fsp3) is 0.0789. The summed E-state index contributed by atoms with van der Waals surface area (Å²) in [6.45, 7) is 2.72. The quantitative estimate of drug-likeness (QED) is 0.0481. The zero-order valence-electron chi connectivity index (χ0n) is 32.2. The summed E-state index contributed by atoms with van der Waals surface area (Å²) in [6, 6.07) is 21.6. The van der Waals surface area contributed by atoms with Gasteiger partial charge in [0.2, 0.25) is 5.91 Å². The molecule has 0 bridgehead atoms. The second-order valence-electron chi connectivity index (χ2n) is 13.3. The molecule has 0 aliphatic carbocycles. The number of benzene rings is 5. The number of hydrogen-bond donors (Lipinski definition) is 6. The molecule has 1 aromatic heterocycles. The third-order valence-electron chi connectivity index (χ3n) is 8.93. The van der Waals surface area contributed by atoms with Gasteiger partial charge in [0.25, 0.3) is 40.5 Å². The van der Waals surface area contributed by atoms with Crippen molar-refractivity contribution in [2.75, 3.05) is 10.6 Å². The fourth-order valence-electron chi connectivity index (χ4n) is 5.99. The monoisotopic (exact) mass is 934 g/mol. The second-order valence-corrected chi connectivity index (χ2v) is 19.0. The van der Waals surface area contributed by atoms with Crippen LogP contribution in [0.2, 0.25) is 0 Å². The minimum atomic E-state index is -4.91. The van der Waals surface area contributed by atoms with Gasteiger partial charge in [0, 0.05) is 41.1 Å². The minimum absolute atomic E-state index is 0.00814. The number of amides is 1. The molecule has 63 heavy (non-hydrogen) atoms. The molecule has 21 nitrogen and oxygen atoms in total. The van der Waals surface area contributed by atoms with E-state index in [2.05, 4.69) is 42.1 Å². The van der Waals surface area contributed by atoms with Gasteiger partial charge in [-0.15, -0.1) is 20.5 Å². The first-order valence-electron chi connectivity index (χ1n) is 17.5. The molecule has 0 fully saturated rings. The Morgan fingerprint density at radius 3 is 1.70 bits per heavy atom. The lowest BCUT2D eigenvalue weighted by molar-refractivity contribution is -0.114. The lowest BCUT2D eigenvalue weighted by atomic mass is 10.0. The maximum atomic E-state index is 12.2. The molecule has 0 unspecified atom stereocenters. The van der Waals surface area contributed by atoms with E-state index in [-0.39, 0.29) is 78.9 Å². The molecule has 324 valence electrons. The van der Waals surface area contributed by atoms with Crippen LogP contribution < -0.4 is 10.6 Å². The van der Waals surface area contributed by atoms with E-state index in [4.69, 9.17) is 0 Å². The molecule has 0 saturated carbocycles. The maximum Gasteiger partial charge on any atom is 0.296 e. The number of anilines is 3. The smallest absolute Gasteiger partial charge is 0.296 e. The van der Waals surface area contributed by atoms with Crippen LogP contribution in [0.5, 0.6) is 0 Å². The predicted octanol–water partition coefficient (Wildman–Crippen LogP) is 7.53. The predicted molar refractivity (Wildman–Crippen MR) is 225 cm³/mol. The van der Waals surface area contributed by atoms with E-state index in [0.717, 1.165) is 36.4 Å². The molecule has 6 rings (SSSR count). The van der Waals surface area contributed by atoms with Crippen molar-refractivity contribution in [3.63, 3.8) is 0 Å². The SMILES string of the molecule is CC(=O)Nc1ccc(N=Nc2ccc(N=Nc3c(Nc4ccc(S(=O)(=O)O)cc4)nc(Cc4ccc(S(=O)(=O)O)cc4)c(C#N)c3C)c3ccc(S(=O)(=O)O)cc23)c(S(=O)(=O)O)c1. The van der Waals surface area contributed by atoms with Crippen LogP contribution in [0.3, 0.4) is 0 Å². The van der Waals surface area contributed by atoms with Gasteiger partial charge in [0.15, 0.2) is 5.82 Å². The lowest BCUT2D eigenvalue weighted by Gasteiger charge is -2.15. The molecule has 0 saturated heterocycles. The van der Waals surface area contributed by atoms with Crippen LogP contribution in [0.25, 0.3) is 10.8 Å². The molecule has 6 N–H and O–H groups in total. The van der Waals surface area contributed by atoms with Crippen LogP contribution in [0, 0.1) is 18.3 Å². The molecule has 25 heteroatoms. The van der Waals surface area contributed by atoms with Crippen molar-refractivity contribution in [1.82, 2.24) is 4.98 Å². The first-order chi connectivity index (χ1) is 29.4. The van der Waals surface area contributed by atoms with Crippen molar-refractivity contribution >= 4 is 97.1 Å². The van der Waals surface area contributed by atoms with Crippen molar-refractivity contribution in [2.24, 2.45) is 20.5 Å². The van der Waals surface area contributed by atoms with Gasteiger partial charge >= 0.3 is 0 Å². The van der Waals surface area contributed by atoms with Gasteiger partial charge in [-0.05, 0) is 91.3 Å². The van der Waals surface area contributed by atoms with E-state index in [1.54, 1.807) is 0 Å². The summed E-state index contributed by atoms with van der Waals surface area (Å²) in [4.78, 5) is 14.1. The Morgan fingerprint density at radius 1 is 0.635 bits per heavy atom. The third-order valence-corrected chi connectivity index (χ3v) is 12.4. The summed E-state index contributed by atoms with van der Waals surface area (Å²) in [5.74, 6) is -0.537. The molecule has 0 spiro atoms. The molecular formula is C38H30N8O13S4. The third kappa shape index (κ3) is 10.8. The minimum Gasteiger partial charge on any atom is -0.338 e. The normalized spacial score (nSPS) is 12.5. The number of carbonyl (C=O) groups is 1. The fourth-order valence-corrected chi connectivity index (χ4v) is 8.10. The number of carbonyl (C=O) groups excluding carboxylic acids is 1. The highest BCUT2D eigenvalue weighted by Crippen LogP contribution is 2.40. The summed E-state index contributed by atoms with van der Waals surface area (Å²) in [6.07, 6.45) is -0.0226. The number of pyridine rings is 1. The number of rotatable bonds is 13. The van der Waals surface area contributed by atoms with Gasteiger partial charge in [-0.25, -0.2) is 4.98 Å². The van der Waals surface area contributed by atoms with Crippen molar-refractivity contribution < 1.29 is 56.7 Å². The highest BCUT2D eigenvalue weighted by molar-refractivity contribution is 7.86. The van der Waals surface area contributed by atoms with Gasteiger partial charge in [0.1, 0.15) is 22.3 Å². The number of aromatic nitrogens is 1. The van der Waals surface area contributed by atoms with E-state index in [9.17, 15) is 61.9 Å². The van der Waals surface area contributed by atoms with Gasteiger partial charge in [-0.3, -0.25) is 23.0 Å². The largest absolute Gasteiger partial charge is 0.338 e. The molecule has 0 aliphatic rings. The van der Waals surface area contributed by atoms with Crippen LogP contribution in [0.1, 0.15) is 29.3 Å². The highest BCUT2D eigenvalue weighted by Gasteiger charge is 2.21. The number of azo groups is 2. The molecule has 6 aromatic rings. The van der Waals surface area contributed by atoms with E-state index in [0.29, 0.717) is 5.56 Å². The average molecular weight is 935 g/mol. The molecule has 1 heterocycles. The Hall–Kier alpha value is -6.89. The summed E-state index contributed by atoms with van der Waals surface area (Å²) in [7, 11) is -18.7. The Kier molecular flexibility index (Phi) is 12.7. The standard InChI is InChI=1S/C38H30N8O13S4/c1-21-31(20-39)35(17-23-3-8-26(9-4-23)60(48,49)50)42-38(41-24-5-10-27(11-6-24)61(51,52)53)37(21)46-44-32-15-16-33(30-19-28(62(54,55)56)12-13-29(30)32)43-45-34-14-7-25(40-22(2)47)18-36(34)63(57,58)59/h3-16,18-19H,17H2,1-2H3,(H,40,47)(H,41,42)(H,48,49,50)(H,51,52,53)(H,54,55,56)(H,57,58,59). The topological polar surface area (TPSA) is 345 Å². The number of hydrogen-bond acceptors (Lipinski definition) is 16. The first-order valence-corrected chi connectivity index (χ1v) is 23.3. The number of fused-ring (bicyclic) bond motifs is 1. The van der Waals surface area contributed by atoms with E-state index >= 15 is 0 Å². The van der Waals surface area contributed by atoms with E-state index in [1.807, 2.05) is 0 Å². The Balaban J connectivity index is 1.48. The van der Waals surface area contributed by atoms with Crippen LogP contribution >= 0.6 is 0 Å². The lowest BCUT2D eigenvalue weighted by Crippen LogP contribution is -2.07. The van der Waals surface area contributed by atoms with Crippen molar-refractivity contribution in [3.05, 3.63) is 119 Å². The van der Waals surface area contributed by atoms with Crippen LogP contribution in [0.15, 0.2) is 137 Å². The second kappa shape index (κ2) is 17.5.